The highest BCUT2D eigenvalue weighted by atomic mass is 31.2. The normalized spacial score (nSPS) is 15.9. The van der Waals surface area contributed by atoms with E-state index in [-0.39, 0.29) is 19.4 Å². The van der Waals surface area contributed by atoms with Gasteiger partial charge in [-0.25, -0.2) is 9.18 Å². The van der Waals surface area contributed by atoms with Crippen LogP contribution >= 0.6 is 7.60 Å². The van der Waals surface area contributed by atoms with E-state index in [0.29, 0.717) is 0 Å². The second-order valence-electron chi connectivity index (χ2n) is 3.45. The Kier molecular flexibility index (Phi) is 5.59. The van der Waals surface area contributed by atoms with E-state index in [1.807, 2.05) is 0 Å². The van der Waals surface area contributed by atoms with Crippen molar-refractivity contribution in [1.82, 2.24) is 0 Å². The predicted octanol–water partition coefficient (Wildman–Crippen LogP) is 1.83. The zero-order valence-corrected chi connectivity index (χ0v) is 10.5. The first-order valence-corrected chi connectivity index (χ1v) is 6.78. The molecule has 5 nitrogen and oxygen atoms in total. The molecule has 1 unspecified atom stereocenters. The van der Waals surface area contributed by atoms with E-state index in [0.717, 1.165) is 0 Å². The number of hydrogen-bond donors (Lipinski definition) is 2. The van der Waals surface area contributed by atoms with E-state index in [4.69, 9.17) is 9.79 Å². The number of carbonyl (C=O) groups excluding carboxylic acids is 1. The standard InChI is InChI=1S/C9H18FO5P/c1-4-7(5-2)9(10,16(12,13)14)8(11)15-6-3/h7H,4-6H2,1-3H3,(H2,12,13,14). The summed E-state index contributed by atoms with van der Waals surface area (Å²) in [5.41, 5.74) is 0. The van der Waals surface area contributed by atoms with Gasteiger partial charge < -0.3 is 14.5 Å². The molecule has 1 atom stereocenters. The van der Waals surface area contributed by atoms with Gasteiger partial charge >= 0.3 is 19.0 Å². The van der Waals surface area contributed by atoms with Gasteiger partial charge in [0.1, 0.15) is 0 Å². The van der Waals surface area contributed by atoms with Crippen LogP contribution in [0.3, 0.4) is 0 Å². The van der Waals surface area contributed by atoms with Gasteiger partial charge in [-0.1, -0.05) is 13.8 Å². The van der Waals surface area contributed by atoms with E-state index in [2.05, 4.69) is 4.74 Å². The fraction of sp³-hybridized carbons (Fsp3) is 0.889. The molecule has 0 saturated carbocycles. The Balaban J connectivity index is 5.35. The summed E-state index contributed by atoms with van der Waals surface area (Å²) >= 11 is 0. The summed E-state index contributed by atoms with van der Waals surface area (Å²) in [5, 5.41) is -3.23. The third kappa shape index (κ3) is 2.81. The first-order chi connectivity index (χ1) is 7.25. The maximum atomic E-state index is 14.3. The first kappa shape index (κ1) is 15.6. The highest BCUT2D eigenvalue weighted by molar-refractivity contribution is 7.54. The first-order valence-electron chi connectivity index (χ1n) is 5.17. The molecule has 0 aromatic carbocycles. The lowest BCUT2D eigenvalue weighted by Gasteiger charge is -2.30. The van der Waals surface area contributed by atoms with Gasteiger partial charge in [0.15, 0.2) is 0 Å². The second-order valence-corrected chi connectivity index (χ2v) is 5.19. The highest BCUT2D eigenvalue weighted by Gasteiger charge is 2.60. The Morgan fingerprint density at radius 1 is 1.38 bits per heavy atom. The van der Waals surface area contributed by atoms with Gasteiger partial charge in [0.05, 0.1) is 6.61 Å². The van der Waals surface area contributed by atoms with Crippen LogP contribution in [0.4, 0.5) is 4.39 Å². The molecule has 0 aromatic heterocycles. The third-order valence-corrected chi connectivity index (χ3v) is 3.91. The van der Waals surface area contributed by atoms with Gasteiger partial charge in [-0.2, -0.15) is 0 Å². The molecular formula is C9H18FO5P. The summed E-state index contributed by atoms with van der Waals surface area (Å²) in [5.74, 6) is -2.52. The Morgan fingerprint density at radius 2 is 1.81 bits per heavy atom. The van der Waals surface area contributed by atoms with Crippen LogP contribution in [-0.2, 0) is 14.1 Å². The van der Waals surface area contributed by atoms with Crippen molar-refractivity contribution in [1.29, 1.82) is 0 Å². The van der Waals surface area contributed by atoms with Crippen molar-refractivity contribution >= 4 is 13.6 Å². The van der Waals surface area contributed by atoms with Crippen molar-refractivity contribution < 1.29 is 28.3 Å². The summed E-state index contributed by atoms with van der Waals surface area (Å²) in [6, 6.07) is 0. The molecule has 0 fully saturated rings. The van der Waals surface area contributed by atoms with E-state index in [9.17, 15) is 13.8 Å². The van der Waals surface area contributed by atoms with Crippen LogP contribution in [0.2, 0.25) is 0 Å². The molecule has 0 spiro atoms. The molecule has 96 valence electrons. The molecule has 0 amide bonds. The molecule has 16 heavy (non-hydrogen) atoms. The summed E-state index contributed by atoms with van der Waals surface area (Å²) in [6.07, 6.45) is 0.299. The Morgan fingerprint density at radius 3 is 2.06 bits per heavy atom. The van der Waals surface area contributed by atoms with Gasteiger partial charge in [-0.3, -0.25) is 4.57 Å². The predicted molar refractivity (Wildman–Crippen MR) is 56.6 cm³/mol. The number of carbonyl (C=O) groups is 1. The second kappa shape index (κ2) is 5.75. The Bertz CT molecular complexity index is 286. The summed E-state index contributed by atoms with van der Waals surface area (Å²) < 4.78 is 29.9. The van der Waals surface area contributed by atoms with Crippen molar-refractivity contribution in [2.24, 2.45) is 5.92 Å². The molecule has 0 heterocycles. The molecule has 7 heteroatoms. The van der Waals surface area contributed by atoms with Crippen LogP contribution in [0, 0.1) is 5.92 Å². The van der Waals surface area contributed by atoms with Crippen LogP contribution in [0.1, 0.15) is 33.6 Å². The zero-order chi connectivity index (χ0) is 13.0. The lowest BCUT2D eigenvalue weighted by molar-refractivity contribution is -0.155. The minimum Gasteiger partial charge on any atom is -0.463 e. The largest absolute Gasteiger partial charge is 0.463 e. The maximum Gasteiger partial charge on any atom is 0.374 e. The van der Waals surface area contributed by atoms with Crippen molar-refractivity contribution in [2.45, 2.75) is 39.0 Å². The monoisotopic (exact) mass is 256 g/mol. The maximum absolute atomic E-state index is 14.3. The van der Waals surface area contributed by atoms with Gasteiger partial charge in [0.25, 0.3) is 0 Å². The topological polar surface area (TPSA) is 83.8 Å². The van der Waals surface area contributed by atoms with Crippen LogP contribution in [0.25, 0.3) is 0 Å². The molecule has 0 aromatic rings. The van der Waals surface area contributed by atoms with Crippen LogP contribution in [-0.4, -0.2) is 27.8 Å². The summed E-state index contributed by atoms with van der Waals surface area (Å²) in [7, 11) is -5.20. The van der Waals surface area contributed by atoms with E-state index >= 15 is 0 Å². The van der Waals surface area contributed by atoms with E-state index in [1.165, 1.54) is 6.92 Å². The fourth-order valence-electron chi connectivity index (χ4n) is 1.59. The van der Waals surface area contributed by atoms with Gasteiger partial charge in [0, 0.05) is 5.92 Å². The minimum atomic E-state index is -5.20. The molecule has 0 saturated heterocycles. The number of ether oxygens (including phenoxy) is 1. The average Bonchev–Trinajstić information content (AvgIpc) is 2.17. The summed E-state index contributed by atoms with van der Waals surface area (Å²) in [4.78, 5) is 29.4. The van der Waals surface area contributed by atoms with Gasteiger partial charge in [0.2, 0.25) is 0 Å². The molecule has 0 aliphatic rings. The number of halogens is 1. The van der Waals surface area contributed by atoms with Crippen LogP contribution in [0.5, 0.6) is 0 Å². The minimum absolute atomic E-state index is 0.120. The SMILES string of the molecule is CCOC(=O)C(F)(C(CC)CC)P(=O)(O)O. The Hall–Kier alpha value is -0.450. The van der Waals surface area contributed by atoms with Gasteiger partial charge in [-0.05, 0) is 19.8 Å². The molecule has 0 aliphatic heterocycles. The number of alkyl halides is 1. The zero-order valence-electron chi connectivity index (χ0n) is 9.64. The lowest BCUT2D eigenvalue weighted by atomic mass is 9.97. The smallest absolute Gasteiger partial charge is 0.374 e. The van der Waals surface area contributed by atoms with E-state index in [1.54, 1.807) is 13.8 Å². The third-order valence-electron chi connectivity index (χ3n) is 2.51. The number of hydrogen-bond acceptors (Lipinski definition) is 3. The molecule has 2 N–H and O–H groups in total. The molecule has 0 radical (unpaired) electrons. The van der Waals surface area contributed by atoms with Crippen molar-refractivity contribution in [3.05, 3.63) is 0 Å². The van der Waals surface area contributed by atoms with Crippen LogP contribution in [0.15, 0.2) is 0 Å². The van der Waals surface area contributed by atoms with Crippen LogP contribution < -0.4 is 0 Å². The van der Waals surface area contributed by atoms with Crippen molar-refractivity contribution in [3.8, 4) is 0 Å². The molecular weight excluding hydrogens is 238 g/mol. The lowest BCUT2D eigenvalue weighted by Crippen LogP contribution is -2.42. The summed E-state index contributed by atoms with van der Waals surface area (Å²) in [6.45, 7) is 4.46. The highest BCUT2D eigenvalue weighted by Crippen LogP contribution is 2.57. The Labute approximate surface area is 94.2 Å². The number of rotatable bonds is 6. The van der Waals surface area contributed by atoms with Crippen molar-refractivity contribution in [2.75, 3.05) is 6.61 Å². The number of esters is 1. The van der Waals surface area contributed by atoms with Crippen molar-refractivity contribution in [3.63, 3.8) is 0 Å². The van der Waals surface area contributed by atoms with Gasteiger partial charge in [-0.15, -0.1) is 0 Å². The molecule has 0 aliphatic carbocycles. The molecule has 0 rings (SSSR count). The quantitative estimate of drug-likeness (QED) is 0.559. The fourth-order valence-corrected chi connectivity index (χ4v) is 2.73. The average molecular weight is 256 g/mol. The van der Waals surface area contributed by atoms with E-state index < -0.39 is 24.9 Å². The molecule has 0 bridgehead atoms.